The molecule has 1 amide bonds. The van der Waals surface area contributed by atoms with Gasteiger partial charge in [-0.15, -0.1) is 4.91 Å². The number of amides is 1. The normalized spacial score (nSPS) is 31.1. The van der Waals surface area contributed by atoms with Crippen molar-refractivity contribution in [1.82, 2.24) is 4.90 Å². The second kappa shape index (κ2) is 4.36. The molecule has 1 aliphatic carbocycles. The lowest BCUT2D eigenvalue weighted by atomic mass is 9.79. The summed E-state index contributed by atoms with van der Waals surface area (Å²) in [5, 5.41) is 7.89. The first-order valence-corrected chi connectivity index (χ1v) is 6.58. The van der Waals surface area contributed by atoms with Crippen molar-refractivity contribution in [2.45, 2.75) is 37.6 Å². The van der Waals surface area contributed by atoms with Crippen LogP contribution in [0, 0.1) is 10.8 Å². The van der Waals surface area contributed by atoms with Gasteiger partial charge in [0.1, 0.15) is 5.76 Å². The first-order chi connectivity index (χ1) is 9.24. The van der Waals surface area contributed by atoms with Crippen molar-refractivity contribution in [2.75, 3.05) is 6.54 Å². The third-order valence-electron chi connectivity index (χ3n) is 4.76. The summed E-state index contributed by atoms with van der Waals surface area (Å²) in [4.78, 5) is 22.3. The molecule has 1 aromatic rings. The predicted octanol–water partition coefficient (Wildman–Crippen LogP) is 2.21. The van der Waals surface area contributed by atoms with E-state index in [0.717, 1.165) is 31.6 Å². The molecular weight excluding hydrogens is 248 g/mol. The van der Waals surface area contributed by atoms with Gasteiger partial charge in [-0.1, -0.05) is 6.42 Å². The van der Waals surface area contributed by atoms with Gasteiger partial charge in [-0.25, -0.2) is 0 Å². The lowest BCUT2D eigenvalue weighted by molar-refractivity contribution is -0.132. The predicted molar refractivity (Wildman–Crippen MR) is 65.3 cm³/mol. The van der Waals surface area contributed by atoms with Gasteiger partial charge in [0.15, 0.2) is 5.34 Å². The molecule has 4 rings (SSSR count). The van der Waals surface area contributed by atoms with E-state index in [-0.39, 0.29) is 5.54 Å². The van der Waals surface area contributed by atoms with Crippen molar-refractivity contribution in [1.29, 1.82) is 0 Å². The molecule has 3 heterocycles. The number of carbonyl (C=O) groups is 1. The van der Waals surface area contributed by atoms with E-state index in [1.54, 1.807) is 6.26 Å². The van der Waals surface area contributed by atoms with Crippen LogP contribution in [0.1, 0.15) is 37.0 Å². The Kier molecular flexibility index (Phi) is 2.80. The average molecular weight is 264 g/mol. The molecule has 1 spiro atoms. The van der Waals surface area contributed by atoms with Gasteiger partial charge in [-0.05, 0) is 24.8 Å². The summed E-state index contributed by atoms with van der Waals surface area (Å²) in [5.41, 5.74) is 1.34. The van der Waals surface area contributed by atoms with Crippen LogP contribution >= 0.6 is 0 Å². The Hall–Kier alpha value is -1.85. The molecule has 2 aliphatic heterocycles. The Morgan fingerprint density at radius 1 is 1.53 bits per heavy atom. The highest BCUT2D eigenvalue weighted by molar-refractivity contribution is 5.81. The van der Waals surface area contributed by atoms with Gasteiger partial charge in [-0.2, -0.15) is 0 Å². The number of hydrogen-bond acceptors (Lipinski definition) is 4. The highest BCUT2D eigenvalue weighted by atomic mass is 16.6. The van der Waals surface area contributed by atoms with E-state index in [4.69, 9.17) is 14.5 Å². The Balaban J connectivity index is 0.000000339. The molecule has 3 aliphatic rings. The molecular formula is C13H16N2O4. The molecule has 0 radical (unpaired) electrons. The van der Waals surface area contributed by atoms with E-state index in [0.29, 0.717) is 11.8 Å². The maximum atomic E-state index is 12.0. The van der Waals surface area contributed by atoms with Crippen LogP contribution in [0.15, 0.2) is 22.1 Å². The second-order valence-electron chi connectivity index (χ2n) is 5.35. The van der Waals surface area contributed by atoms with E-state index < -0.39 is 0 Å². The molecule has 1 aromatic heterocycles. The van der Waals surface area contributed by atoms with Gasteiger partial charge in [0.25, 0.3) is 0 Å². The third-order valence-corrected chi connectivity index (χ3v) is 4.76. The molecule has 1 saturated heterocycles. The molecule has 1 saturated carbocycles. The van der Waals surface area contributed by atoms with Crippen molar-refractivity contribution in [3.63, 3.8) is 0 Å². The van der Waals surface area contributed by atoms with Crippen LogP contribution < -0.4 is 0 Å². The number of nitrogens with zero attached hydrogens (tertiary/aromatic N) is 2. The molecule has 102 valence electrons. The lowest BCUT2D eigenvalue weighted by Gasteiger charge is -2.42. The zero-order valence-corrected chi connectivity index (χ0v) is 10.5. The van der Waals surface area contributed by atoms with Crippen molar-refractivity contribution in [2.24, 2.45) is 11.3 Å². The van der Waals surface area contributed by atoms with Crippen LogP contribution in [-0.4, -0.2) is 22.6 Å². The van der Waals surface area contributed by atoms with E-state index in [1.165, 1.54) is 23.7 Å². The first-order valence-electron chi connectivity index (χ1n) is 6.58. The Bertz CT molecular complexity index is 512. The standard InChI is InChI=1S/C13H15NO2.HNO2/c15-12-8-9-2-1-5-13(9)10-4-7-16-11(10)3-6-14(12)13;2-1-3/h4,7,9H,1-3,5-6,8H2;(H,2,3). The van der Waals surface area contributed by atoms with Gasteiger partial charge in [-0.3, -0.25) is 4.79 Å². The quantitative estimate of drug-likeness (QED) is 0.575. The topological polar surface area (TPSA) is 83.1 Å². The van der Waals surface area contributed by atoms with E-state index in [2.05, 4.69) is 11.0 Å². The fourth-order valence-corrected chi connectivity index (χ4v) is 4.19. The van der Waals surface area contributed by atoms with Crippen LogP contribution in [0.2, 0.25) is 0 Å². The molecule has 0 bridgehead atoms. The Morgan fingerprint density at radius 2 is 2.32 bits per heavy atom. The molecule has 6 nitrogen and oxygen atoms in total. The van der Waals surface area contributed by atoms with Crippen LogP contribution in [-0.2, 0) is 16.8 Å². The number of carbonyl (C=O) groups excluding carboxylic acids is 1. The van der Waals surface area contributed by atoms with E-state index in [9.17, 15) is 4.79 Å². The van der Waals surface area contributed by atoms with E-state index >= 15 is 0 Å². The van der Waals surface area contributed by atoms with Crippen LogP contribution in [0.25, 0.3) is 0 Å². The summed E-state index contributed by atoms with van der Waals surface area (Å²) in [6, 6.07) is 2.10. The van der Waals surface area contributed by atoms with Gasteiger partial charge < -0.3 is 14.5 Å². The number of hydrogen-bond donors (Lipinski definition) is 1. The monoisotopic (exact) mass is 264 g/mol. The van der Waals surface area contributed by atoms with Gasteiger partial charge in [0.05, 0.1) is 11.8 Å². The van der Waals surface area contributed by atoms with Crippen molar-refractivity contribution in [3.05, 3.63) is 28.6 Å². The zero-order valence-electron chi connectivity index (χ0n) is 10.5. The minimum atomic E-state index is 0.0255. The molecule has 6 heteroatoms. The van der Waals surface area contributed by atoms with Crippen molar-refractivity contribution in [3.8, 4) is 0 Å². The lowest BCUT2D eigenvalue weighted by Crippen LogP contribution is -2.48. The summed E-state index contributed by atoms with van der Waals surface area (Å²) in [6.45, 7) is 0.857. The number of fused-ring (bicyclic) bond motifs is 1. The molecule has 2 atom stereocenters. The second-order valence-corrected chi connectivity index (χ2v) is 5.35. The smallest absolute Gasteiger partial charge is 0.223 e. The molecule has 1 N–H and O–H groups in total. The summed E-state index contributed by atoms with van der Waals surface area (Å²) >= 11 is 0. The number of rotatable bonds is 0. The van der Waals surface area contributed by atoms with Gasteiger partial charge >= 0.3 is 0 Å². The van der Waals surface area contributed by atoms with Gasteiger partial charge in [0, 0.05) is 24.9 Å². The zero-order chi connectivity index (χ0) is 13.5. The minimum Gasteiger partial charge on any atom is -0.469 e. The fraction of sp³-hybridized carbons (Fsp3) is 0.615. The summed E-state index contributed by atoms with van der Waals surface area (Å²) < 4.78 is 5.56. The van der Waals surface area contributed by atoms with Crippen LogP contribution in [0.5, 0.6) is 0 Å². The summed E-state index contributed by atoms with van der Waals surface area (Å²) in [7, 11) is 0. The maximum Gasteiger partial charge on any atom is 0.223 e. The highest BCUT2D eigenvalue weighted by Gasteiger charge is 2.58. The third kappa shape index (κ3) is 1.52. The highest BCUT2D eigenvalue weighted by Crippen LogP contribution is 2.56. The van der Waals surface area contributed by atoms with Gasteiger partial charge in [0.2, 0.25) is 5.91 Å². The summed E-state index contributed by atoms with van der Waals surface area (Å²) in [5.74, 6) is 2.02. The first kappa shape index (κ1) is 12.2. The molecule has 2 fully saturated rings. The Morgan fingerprint density at radius 3 is 3.11 bits per heavy atom. The van der Waals surface area contributed by atoms with Crippen molar-refractivity contribution < 1.29 is 14.4 Å². The van der Waals surface area contributed by atoms with Crippen LogP contribution in [0.3, 0.4) is 0 Å². The Labute approximate surface area is 110 Å². The number of furan rings is 1. The fourth-order valence-electron chi connectivity index (χ4n) is 4.19. The largest absolute Gasteiger partial charge is 0.469 e. The van der Waals surface area contributed by atoms with Crippen LogP contribution in [0.4, 0.5) is 0 Å². The summed E-state index contributed by atoms with van der Waals surface area (Å²) in [6.07, 6.45) is 7.02. The minimum absolute atomic E-state index is 0.0255. The van der Waals surface area contributed by atoms with E-state index in [1.807, 2.05) is 0 Å². The average Bonchev–Trinajstić information content (AvgIpc) is 3.03. The maximum absolute atomic E-state index is 12.0. The molecule has 19 heavy (non-hydrogen) atoms. The molecule has 2 unspecified atom stereocenters. The SMILES string of the molecule is O=C1CC2CCCC23c2ccoc2CCN13.O=NO. The van der Waals surface area contributed by atoms with Crippen molar-refractivity contribution >= 4 is 5.91 Å². The molecule has 0 aromatic carbocycles.